The van der Waals surface area contributed by atoms with E-state index in [0.29, 0.717) is 12.2 Å². The lowest BCUT2D eigenvalue weighted by atomic mass is 10.0. The number of carboxylic acids is 2. The average molecular weight is 373 g/mol. The quantitative estimate of drug-likeness (QED) is 0.608. The molecule has 8 nitrogen and oxygen atoms in total. The first-order valence-corrected chi connectivity index (χ1v) is 8.58. The molecule has 1 heterocycles. The molecule has 1 atom stereocenters. The van der Waals surface area contributed by atoms with Gasteiger partial charge in [-0.3, -0.25) is 9.59 Å². The van der Waals surface area contributed by atoms with Crippen LogP contribution in [0.1, 0.15) is 29.3 Å². The first-order chi connectivity index (χ1) is 12.8. The Labute approximate surface area is 157 Å². The summed E-state index contributed by atoms with van der Waals surface area (Å²) in [5.74, 6) is -2.53. The maximum atomic E-state index is 11.6. The Morgan fingerprint density at radius 2 is 1.96 bits per heavy atom. The number of carboxylic acid groups (broad SMARTS) is 2. The minimum Gasteiger partial charge on any atom is -0.480 e. The van der Waals surface area contributed by atoms with Crippen molar-refractivity contribution >= 4 is 18.3 Å². The van der Waals surface area contributed by atoms with E-state index in [0.717, 1.165) is 22.4 Å². The second-order valence-corrected chi connectivity index (χ2v) is 6.42. The number of imidazole rings is 1. The zero-order valence-corrected chi connectivity index (χ0v) is 15.3. The van der Waals surface area contributed by atoms with E-state index in [1.165, 1.54) is 11.8 Å². The molecule has 1 aromatic carbocycles. The van der Waals surface area contributed by atoms with Crippen molar-refractivity contribution in [3.63, 3.8) is 0 Å². The number of carbonyl (C=O) groups is 3. The molecule has 2 aromatic rings. The Balaban J connectivity index is 2.24. The molecule has 0 aliphatic heterocycles. The number of hydrogen-bond donors (Lipinski definition) is 2. The van der Waals surface area contributed by atoms with Gasteiger partial charge in [0.05, 0.1) is 6.33 Å². The van der Waals surface area contributed by atoms with Crippen molar-refractivity contribution in [2.45, 2.75) is 39.3 Å². The minimum absolute atomic E-state index is 0.0339. The summed E-state index contributed by atoms with van der Waals surface area (Å²) in [6, 6.07) is 4.98. The lowest BCUT2D eigenvalue weighted by Gasteiger charge is -2.23. The van der Waals surface area contributed by atoms with Gasteiger partial charge in [-0.25, -0.2) is 9.78 Å². The second-order valence-electron chi connectivity index (χ2n) is 6.42. The van der Waals surface area contributed by atoms with Crippen molar-refractivity contribution in [1.29, 1.82) is 0 Å². The number of aromatic nitrogens is 2. The average Bonchev–Trinajstić information content (AvgIpc) is 3.03. The number of aliphatic carboxylic acids is 2. The third kappa shape index (κ3) is 5.40. The van der Waals surface area contributed by atoms with Gasteiger partial charge in [0.25, 0.3) is 0 Å². The van der Waals surface area contributed by atoms with Crippen LogP contribution in [0.25, 0.3) is 0 Å². The standard InChI is InChI=1S/C19H23N3O5/c1-3-14-4-13(2)5-15(6-14)9-21-11-20-8-16(21)7-17(19(26)27)22(12-23)10-18(24)25/h4-6,8,11-12,17H,3,7,9-10H2,1-2H3,(H,24,25)(H,26,27)/t17-/m0/s1. The van der Waals surface area contributed by atoms with E-state index in [2.05, 4.69) is 30.1 Å². The molecule has 8 heteroatoms. The van der Waals surface area contributed by atoms with Gasteiger partial charge in [-0.2, -0.15) is 0 Å². The van der Waals surface area contributed by atoms with Gasteiger partial charge in [-0.1, -0.05) is 30.7 Å². The molecule has 1 aromatic heterocycles. The van der Waals surface area contributed by atoms with Gasteiger partial charge in [-0.15, -0.1) is 0 Å². The summed E-state index contributed by atoms with van der Waals surface area (Å²) in [5.41, 5.74) is 4.03. The van der Waals surface area contributed by atoms with Crippen LogP contribution in [-0.4, -0.2) is 55.6 Å². The Morgan fingerprint density at radius 1 is 1.26 bits per heavy atom. The lowest BCUT2D eigenvalue weighted by molar-refractivity contribution is -0.150. The van der Waals surface area contributed by atoms with E-state index < -0.39 is 24.5 Å². The van der Waals surface area contributed by atoms with Crippen molar-refractivity contribution in [2.75, 3.05) is 6.54 Å². The highest BCUT2D eigenvalue weighted by Gasteiger charge is 2.27. The Bertz CT molecular complexity index is 831. The molecular formula is C19H23N3O5. The van der Waals surface area contributed by atoms with E-state index >= 15 is 0 Å². The van der Waals surface area contributed by atoms with Crippen LogP contribution in [0, 0.1) is 6.92 Å². The fourth-order valence-corrected chi connectivity index (χ4v) is 3.02. The molecule has 0 saturated carbocycles. The first-order valence-electron chi connectivity index (χ1n) is 8.58. The molecule has 0 aliphatic rings. The van der Waals surface area contributed by atoms with Gasteiger partial charge >= 0.3 is 11.9 Å². The molecule has 2 rings (SSSR count). The van der Waals surface area contributed by atoms with E-state index in [9.17, 15) is 19.5 Å². The van der Waals surface area contributed by atoms with Crippen LogP contribution >= 0.6 is 0 Å². The molecule has 0 saturated heterocycles. The fourth-order valence-electron chi connectivity index (χ4n) is 3.02. The predicted molar refractivity (Wildman–Crippen MR) is 97.4 cm³/mol. The van der Waals surface area contributed by atoms with Gasteiger partial charge in [0.1, 0.15) is 12.6 Å². The fraction of sp³-hybridized carbons (Fsp3) is 0.368. The molecule has 2 N–H and O–H groups in total. The molecular weight excluding hydrogens is 350 g/mol. The van der Waals surface area contributed by atoms with Crippen molar-refractivity contribution in [2.24, 2.45) is 0 Å². The summed E-state index contributed by atoms with van der Waals surface area (Å²) >= 11 is 0. The zero-order chi connectivity index (χ0) is 20.0. The molecule has 27 heavy (non-hydrogen) atoms. The molecule has 0 unspecified atom stereocenters. The number of aryl methyl sites for hydroxylation is 2. The van der Waals surface area contributed by atoms with Crippen LogP contribution in [0.3, 0.4) is 0 Å². The van der Waals surface area contributed by atoms with Gasteiger partial charge in [0.15, 0.2) is 0 Å². The number of rotatable bonds is 10. The maximum Gasteiger partial charge on any atom is 0.326 e. The monoisotopic (exact) mass is 373 g/mol. The second kappa shape index (κ2) is 8.98. The summed E-state index contributed by atoms with van der Waals surface area (Å²) in [6.45, 7) is 3.93. The molecule has 0 aliphatic carbocycles. The Kier molecular flexibility index (Phi) is 6.70. The van der Waals surface area contributed by atoms with Crippen molar-refractivity contribution in [3.8, 4) is 0 Å². The summed E-state index contributed by atoms with van der Waals surface area (Å²) in [7, 11) is 0. The predicted octanol–water partition coefficient (Wildman–Crippen LogP) is 1.34. The highest BCUT2D eigenvalue weighted by molar-refractivity contribution is 5.79. The van der Waals surface area contributed by atoms with E-state index in [1.54, 1.807) is 6.33 Å². The van der Waals surface area contributed by atoms with Crippen LogP contribution in [0.5, 0.6) is 0 Å². The van der Waals surface area contributed by atoms with Gasteiger partial charge in [0, 0.05) is 24.9 Å². The number of benzene rings is 1. The Morgan fingerprint density at radius 3 is 2.56 bits per heavy atom. The summed E-state index contributed by atoms with van der Waals surface area (Å²) in [6.07, 6.45) is 4.27. The molecule has 144 valence electrons. The summed E-state index contributed by atoms with van der Waals surface area (Å²) in [4.78, 5) is 38.5. The van der Waals surface area contributed by atoms with Crippen LogP contribution < -0.4 is 0 Å². The van der Waals surface area contributed by atoms with Crippen LogP contribution in [-0.2, 0) is 33.8 Å². The zero-order valence-electron chi connectivity index (χ0n) is 15.3. The SMILES string of the molecule is CCc1cc(C)cc(Cn2cncc2C[C@@H](C(=O)O)N(C=O)CC(=O)O)c1. The van der Waals surface area contributed by atoms with Crippen molar-refractivity contribution in [3.05, 3.63) is 53.1 Å². The van der Waals surface area contributed by atoms with E-state index in [4.69, 9.17) is 5.11 Å². The third-order valence-corrected chi connectivity index (χ3v) is 4.30. The summed E-state index contributed by atoms with van der Waals surface area (Å²) < 4.78 is 1.81. The van der Waals surface area contributed by atoms with E-state index in [-0.39, 0.29) is 12.8 Å². The molecule has 1 amide bonds. The minimum atomic E-state index is -1.28. The number of carbonyl (C=O) groups excluding carboxylic acids is 1. The molecule has 0 fully saturated rings. The van der Waals surface area contributed by atoms with Gasteiger partial charge < -0.3 is 19.7 Å². The smallest absolute Gasteiger partial charge is 0.326 e. The van der Waals surface area contributed by atoms with Crippen molar-refractivity contribution < 1.29 is 24.6 Å². The molecule has 0 bridgehead atoms. The largest absolute Gasteiger partial charge is 0.480 e. The van der Waals surface area contributed by atoms with Crippen LogP contribution in [0.2, 0.25) is 0 Å². The van der Waals surface area contributed by atoms with E-state index in [1.807, 2.05) is 11.5 Å². The molecule has 0 radical (unpaired) electrons. The van der Waals surface area contributed by atoms with Crippen LogP contribution in [0.4, 0.5) is 0 Å². The lowest BCUT2D eigenvalue weighted by Crippen LogP contribution is -2.44. The highest BCUT2D eigenvalue weighted by atomic mass is 16.4. The van der Waals surface area contributed by atoms with Gasteiger partial charge in [0.2, 0.25) is 6.41 Å². The topological polar surface area (TPSA) is 113 Å². The van der Waals surface area contributed by atoms with Crippen molar-refractivity contribution in [1.82, 2.24) is 14.5 Å². The number of hydrogen-bond acceptors (Lipinski definition) is 4. The number of nitrogens with zero attached hydrogens (tertiary/aromatic N) is 3. The van der Waals surface area contributed by atoms with Gasteiger partial charge in [-0.05, 0) is 24.5 Å². The third-order valence-electron chi connectivity index (χ3n) is 4.30. The first kappa shape index (κ1) is 20.2. The number of amides is 1. The highest BCUT2D eigenvalue weighted by Crippen LogP contribution is 2.15. The normalized spacial score (nSPS) is 11.8. The molecule has 0 spiro atoms. The summed E-state index contributed by atoms with van der Waals surface area (Å²) in [5, 5.41) is 18.3. The van der Waals surface area contributed by atoms with Crippen LogP contribution in [0.15, 0.2) is 30.7 Å². The Hall–Kier alpha value is -3.16. The maximum absolute atomic E-state index is 11.6.